The summed E-state index contributed by atoms with van der Waals surface area (Å²) in [6.07, 6.45) is 2.47. The molecule has 0 aliphatic carbocycles. The van der Waals surface area contributed by atoms with Crippen molar-refractivity contribution in [2.24, 2.45) is 5.92 Å². The topological polar surface area (TPSA) is 46.5 Å². The molecule has 0 radical (unpaired) electrons. The van der Waals surface area contributed by atoms with Crippen LogP contribution in [0.1, 0.15) is 13.8 Å². The first-order chi connectivity index (χ1) is 7.65. The summed E-state index contributed by atoms with van der Waals surface area (Å²) in [5.41, 5.74) is 0. The standard InChI is InChI=1S/C13H16O3/c1-3-7-12(14)10(2)13(15)16-11-8-5-4-6-9-11/h3-10,12,14H,1-2H3/b7-3+. The van der Waals surface area contributed by atoms with Gasteiger partial charge in [0, 0.05) is 0 Å². The maximum atomic E-state index is 11.6. The van der Waals surface area contributed by atoms with Crippen LogP contribution < -0.4 is 4.74 Å². The van der Waals surface area contributed by atoms with E-state index >= 15 is 0 Å². The molecule has 0 aliphatic heterocycles. The van der Waals surface area contributed by atoms with Crippen molar-refractivity contribution < 1.29 is 14.6 Å². The number of benzene rings is 1. The van der Waals surface area contributed by atoms with Crippen molar-refractivity contribution >= 4 is 5.97 Å². The molecule has 0 saturated carbocycles. The average molecular weight is 220 g/mol. The minimum atomic E-state index is -0.804. The maximum Gasteiger partial charge on any atom is 0.317 e. The van der Waals surface area contributed by atoms with Crippen molar-refractivity contribution in [3.8, 4) is 5.75 Å². The monoisotopic (exact) mass is 220 g/mol. The third-order valence-electron chi connectivity index (χ3n) is 2.24. The molecule has 0 bridgehead atoms. The van der Waals surface area contributed by atoms with Crippen LogP contribution in [0.25, 0.3) is 0 Å². The van der Waals surface area contributed by atoms with E-state index in [0.717, 1.165) is 0 Å². The van der Waals surface area contributed by atoms with E-state index in [1.165, 1.54) is 0 Å². The second-order valence-electron chi connectivity index (χ2n) is 3.54. The van der Waals surface area contributed by atoms with Gasteiger partial charge in [0.05, 0.1) is 12.0 Å². The SMILES string of the molecule is C/C=C/C(O)C(C)C(=O)Oc1ccccc1. The third-order valence-corrected chi connectivity index (χ3v) is 2.24. The summed E-state index contributed by atoms with van der Waals surface area (Å²) in [5.74, 6) is -0.514. The summed E-state index contributed by atoms with van der Waals surface area (Å²) in [5, 5.41) is 9.58. The van der Waals surface area contributed by atoms with Gasteiger partial charge in [-0.3, -0.25) is 4.79 Å². The molecule has 2 unspecified atom stereocenters. The molecule has 0 spiro atoms. The summed E-state index contributed by atoms with van der Waals surface area (Å²) < 4.78 is 5.11. The van der Waals surface area contributed by atoms with Crippen molar-refractivity contribution in [3.63, 3.8) is 0 Å². The number of aliphatic hydroxyl groups is 1. The molecule has 86 valence electrons. The van der Waals surface area contributed by atoms with E-state index in [1.807, 2.05) is 6.07 Å². The molecule has 16 heavy (non-hydrogen) atoms. The summed E-state index contributed by atoms with van der Waals surface area (Å²) in [7, 11) is 0. The van der Waals surface area contributed by atoms with Gasteiger partial charge in [-0.2, -0.15) is 0 Å². The number of hydrogen-bond acceptors (Lipinski definition) is 3. The Bertz CT molecular complexity index is 357. The van der Waals surface area contributed by atoms with Crippen LogP contribution in [-0.2, 0) is 4.79 Å². The fourth-order valence-electron chi connectivity index (χ4n) is 1.20. The molecule has 1 rings (SSSR count). The van der Waals surface area contributed by atoms with Crippen LogP contribution in [0.4, 0.5) is 0 Å². The average Bonchev–Trinajstić information content (AvgIpc) is 2.29. The highest BCUT2D eigenvalue weighted by molar-refractivity contribution is 5.75. The van der Waals surface area contributed by atoms with Crippen molar-refractivity contribution in [1.29, 1.82) is 0 Å². The van der Waals surface area contributed by atoms with Crippen LogP contribution in [0.2, 0.25) is 0 Å². The smallest absolute Gasteiger partial charge is 0.317 e. The zero-order valence-corrected chi connectivity index (χ0v) is 9.46. The van der Waals surface area contributed by atoms with E-state index in [1.54, 1.807) is 50.3 Å². The van der Waals surface area contributed by atoms with Crippen molar-refractivity contribution in [2.75, 3.05) is 0 Å². The van der Waals surface area contributed by atoms with E-state index in [9.17, 15) is 9.90 Å². The molecule has 1 aromatic rings. The van der Waals surface area contributed by atoms with Crippen molar-refractivity contribution in [3.05, 3.63) is 42.5 Å². The highest BCUT2D eigenvalue weighted by Crippen LogP contribution is 2.13. The number of carbonyl (C=O) groups excluding carboxylic acids is 1. The van der Waals surface area contributed by atoms with Gasteiger partial charge < -0.3 is 9.84 Å². The maximum absolute atomic E-state index is 11.6. The molecular weight excluding hydrogens is 204 g/mol. The Morgan fingerprint density at radius 1 is 1.38 bits per heavy atom. The Labute approximate surface area is 95.4 Å². The number of allylic oxidation sites excluding steroid dienone is 1. The molecule has 2 atom stereocenters. The zero-order valence-electron chi connectivity index (χ0n) is 9.46. The Balaban J connectivity index is 2.59. The van der Waals surface area contributed by atoms with Gasteiger partial charge in [-0.15, -0.1) is 0 Å². The lowest BCUT2D eigenvalue weighted by Gasteiger charge is -2.14. The lowest BCUT2D eigenvalue weighted by atomic mass is 10.1. The van der Waals surface area contributed by atoms with Gasteiger partial charge in [-0.1, -0.05) is 30.4 Å². The number of para-hydroxylation sites is 1. The van der Waals surface area contributed by atoms with Crippen molar-refractivity contribution in [1.82, 2.24) is 0 Å². The van der Waals surface area contributed by atoms with Gasteiger partial charge in [0.1, 0.15) is 5.75 Å². The molecule has 0 heterocycles. The summed E-state index contributed by atoms with van der Waals surface area (Å²) in [6, 6.07) is 8.82. The van der Waals surface area contributed by atoms with Gasteiger partial charge in [0.25, 0.3) is 0 Å². The summed E-state index contributed by atoms with van der Waals surface area (Å²) in [6.45, 7) is 3.43. The van der Waals surface area contributed by atoms with Gasteiger partial charge in [0.2, 0.25) is 0 Å². The Hall–Kier alpha value is -1.61. The van der Waals surface area contributed by atoms with Crippen LogP contribution in [0.3, 0.4) is 0 Å². The molecule has 3 heteroatoms. The van der Waals surface area contributed by atoms with Gasteiger partial charge >= 0.3 is 5.97 Å². The van der Waals surface area contributed by atoms with Gasteiger partial charge in [-0.25, -0.2) is 0 Å². The van der Waals surface area contributed by atoms with Gasteiger partial charge in [0.15, 0.2) is 0 Å². The van der Waals surface area contributed by atoms with E-state index in [4.69, 9.17) is 4.74 Å². The molecule has 1 N–H and O–H groups in total. The lowest BCUT2D eigenvalue weighted by Crippen LogP contribution is -2.27. The normalized spacial score (nSPS) is 14.7. The minimum Gasteiger partial charge on any atom is -0.426 e. The third kappa shape index (κ3) is 3.51. The van der Waals surface area contributed by atoms with Crippen molar-refractivity contribution in [2.45, 2.75) is 20.0 Å². The Kier molecular flexibility index (Phi) is 4.73. The van der Waals surface area contributed by atoms with Crippen LogP contribution in [0.15, 0.2) is 42.5 Å². The number of carbonyl (C=O) groups is 1. The second kappa shape index (κ2) is 6.08. The molecule has 0 amide bonds. The molecule has 1 aromatic carbocycles. The number of rotatable bonds is 4. The molecular formula is C13H16O3. The fraction of sp³-hybridized carbons (Fsp3) is 0.308. The first-order valence-electron chi connectivity index (χ1n) is 5.22. The summed E-state index contributed by atoms with van der Waals surface area (Å²) >= 11 is 0. The van der Waals surface area contributed by atoms with Crippen LogP contribution >= 0.6 is 0 Å². The second-order valence-corrected chi connectivity index (χ2v) is 3.54. The lowest BCUT2D eigenvalue weighted by molar-refractivity contribution is -0.140. The minimum absolute atomic E-state index is 0.434. The highest BCUT2D eigenvalue weighted by Gasteiger charge is 2.21. The number of ether oxygens (including phenoxy) is 1. The zero-order chi connectivity index (χ0) is 12.0. The van der Waals surface area contributed by atoms with Crippen LogP contribution in [0.5, 0.6) is 5.75 Å². The highest BCUT2D eigenvalue weighted by atomic mass is 16.5. The first kappa shape index (κ1) is 12.5. The quantitative estimate of drug-likeness (QED) is 0.480. The van der Waals surface area contributed by atoms with Crippen LogP contribution in [-0.4, -0.2) is 17.2 Å². The van der Waals surface area contributed by atoms with E-state index < -0.39 is 18.0 Å². The predicted octanol–water partition coefficient (Wildman–Crippen LogP) is 2.17. The molecule has 0 aliphatic rings. The number of hydrogen-bond donors (Lipinski definition) is 1. The first-order valence-corrected chi connectivity index (χ1v) is 5.22. The Morgan fingerprint density at radius 2 is 2.00 bits per heavy atom. The van der Waals surface area contributed by atoms with Crippen LogP contribution in [0, 0.1) is 5.92 Å². The largest absolute Gasteiger partial charge is 0.426 e. The predicted molar refractivity (Wildman–Crippen MR) is 62.1 cm³/mol. The van der Waals surface area contributed by atoms with Gasteiger partial charge in [-0.05, 0) is 26.0 Å². The summed E-state index contributed by atoms with van der Waals surface area (Å²) in [4.78, 5) is 11.6. The Morgan fingerprint density at radius 3 is 2.56 bits per heavy atom. The van der Waals surface area contributed by atoms with E-state index in [0.29, 0.717) is 5.75 Å². The number of esters is 1. The van der Waals surface area contributed by atoms with E-state index in [2.05, 4.69) is 0 Å². The molecule has 0 fully saturated rings. The van der Waals surface area contributed by atoms with E-state index in [-0.39, 0.29) is 0 Å². The molecule has 0 aromatic heterocycles. The number of aliphatic hydroxyl groups excluding tert-OH is 1. The fourth-order valence-corrected chi connectivity index (χ4v) is 1.20. The molecule has 0 saturated heterocycles. The molecule has 3 nitrogen and oxygen atoms in total.